The fourth-order valence-electron chi connectivity index (χ4n) is 2.32. The van der Waals surface area contributed by atoms with Gasteiger partial charge in [-0.2, -0.15) is 0 Å². The lowest BCUT2D eigenvalue weighted by Crippen LogP contribution is -2.34. The molecule has 0 bridgehead atoms. The number of hydrogen-bond donors (Lipinski definition) is 2. The molecule has 0 aliphatic carbocycles. The summed E-state index contributed by atoms with van der Waals surface area (Å²) < 4.78 is 0.880. The van der Waals surface area contributed by atoms with Crippen LogP contribution in [0.1, 0.15) is 4.79 Å². The van der Waals surface area contributed by atoms with Gasteiger partial charge < -0.3 is 11.1 Å². The number of halogens is 3. The molecule has 3 N–H and O–H groups in total. The Morgan fingerprint density at radius 3 is 2.40 bits per heavy atom. The number of carbonyl (C=O) groups excluding carboxylic acids is 1. The highest BCUT2D eigenvalue weighted by Crippen LogP contribution is 2.25. The Morgan fingerprint density at radius 2 is 1.76 bits per heavy atom. The summed E-state index contributed by atoms with van der Waals surface area (Å²) in [7, 11) is 0. The molecule has 3 aromatic rings. The van der Waals surface area contributed by atoms with Gasteiger partial charge in [0.1, 0.15) is 0 Å². The van der Waals surface area contributed by atoms with Crippen molar-refractivity contribution < 1.29 is 4.79 Å². The zero-order valence-corrected chi connectivity index (χ0v) is 14.9. The molecule has 1 aromatic heterocycles. The molecular weight excluding hydrogens is 387 g/mol. The second kappa shape index (κ2) is 7.01. The van der Waals surface area contributed by atoms with Crippen LogP contribution in [0.5, 0.6) is 0 Å². The summed E-state index contributed by atoms with van der Waals surface area (Å²) in [5, 5.41) is 4.33. The highest BCUT2D eigenvalue weighted by molar-refractivity contribution is 6.35. The lowest BCUT2D eigenvalue weighted by atomic mass is 10.2. The Labute approximate surface area is 157 Å². The van der Waals surface area contributed by atoms with Crippen molar-refractivity contribution in [3.05, 3.63) is 61.8 Å². The van der Waals surface area contributed by atoms with Crippen molar-refractivity contribution in [3.63, 3.8) is 0 Å². The molecule has 3 rings (SSSR count). The number of nitrogens with zero attached hydrogens (tertiary/aromatic N) is 2. The van der Waals surface area contributed by atoms with E-state index in [1.807, 2.05) is 0 Å². The maximum atomic E-state index is 12.7. The number of aromatic nitrogens is 2. The van der Waals surface area contributed by atoms with Crippen molar-refractivity contribution in [2.24, 2.45) is 5.73 Å². The van der Waals surface area contributed by atoms with E-state index in [9.17, 15) is 9.59 Å². The van der Waals surface area contributed by atoms with Crippen LogP contribution in [-0.2, 0) is 0 Å². The van der Waals surface area contributed by atoms with Crippen LogP contribution in [0.25, 0.3) is 10.9 Å². The third kappa shape index (κ3) is 3.62. The van der Waals surface area contributed by atoms with E-state index in [2.05, 4.69) is 10.3 Å². The molecule has 0 spiro atoms. The van der Waals surface area contributed by atoms with Gasteiger partial charge in [0.2, 0.25) is 11.9 Å². The molecule has 0 aliphatic rings. The van der Waals surface area contributed by atoms with Crippen molar-refractivity contribution in [2.75, 3.05) is 11.9 Å². The van der Waals surface area contributed by atoms with Gasteiger partial charge in [-0.1, -0.05) is 34.8 Å². The number of anilines is 2. The first-order chi connectivity index (χ1) is 11.9. The van der Waals surface area contributed by atoms with Crippen LogP contribution >= 0.6 is 34.8 Å². The SMILES string of the molecule is NCC(=O)n1c(Nc2cc(Cl)cc(Cl)c2)nc2cc(Cl)ccc2c1=O. The molecule has 128 valence electrons. The first-order valence-electron chi connectivity index (χ1n) is 7.08. The average molecular weight is 398 g/mol. The van der Waals surface area contributed by atoms with Gasteiger partial charge in [0.05, 0.1) is 17.4 Å². The maximum absolute atomic E-state index is 12.7. The molecule has 9 heteroatoms. The molecular formula is C16H11Cl3N4O2. The number of benzene rings is 2. The number of rotatable bonds is 3. The van der Waals surface area contributed by atoms with E-state index >= 15 is 0 Å². The molecule has 0 unspecified atom stereocenters. The van der Waals surface area contributed by atoms with Crippen molar-refractivity contribution in [2.45, 2.75) is 0 Å². The van der Waals surface area contributed by atoms with Crippen molar-refractivity contribution >= 4 is 63.2 Å². The minimum absolute atomic E-state index is 0.00597. The van der Waals surface area contributed by atoms with Crippen LogP contribution in [0.2, 0.25) is 15.1 Å². The zero-order chi connectivity index (χ0) is 18.1. The summed E-state index contributed by atoms with van der Waals surface area (Å²) in [5.41, 5.74) is 5.68. The van der Waals surface area contributed by atoms with Gasteiger partial charge in [-0.3, -0.25) is 9.59 Å². The second-order valence-electron chi connectivity index (χ2n) is 5.12. The Bertz CT molecular complexity index is 1030. The van der Waals surface area contributed by atoms with E-state index in [4.69, 9.17) is 40.5 Å². The average Bonchev–Trinajstić information content (AvgIpc) is 2.53. The molecule has 0 atom stereocenters. The highest BCUT2D eigenvalue weighted by atomic mass is 35.5. The predicted octanol–water partition coefficient (Wildman–Crippen LogP) is 3.70. The van der Waals surface area contributed by atoms with Gasteiger partial charge >= 0.3 is 0 Å². The van der Waals surface area contributed by atoms with Gasteiger partial charge in [-0.25, -0.2) is 9.55 Å². The smallest absolute Gasteiger partial charge is 0.269 e. The van der Waals surface area contributed by atoms with Crippen LogP contribution in [0.3, 0.4) is 0 Å². The quantitative estimate of drug-likeness (QED) is 0.703. The van der Waals surface area contributed by atoms with Gasteiger partial charge in [-0.15, -0.1) is 0 Å². The summed E-state index contributed by atoms with van der Waals surface area (Å²) in [6, 6.07) is 9.31. The molecule has 0 radical (unpaired) electrons. The minimum Gasteiger partial charge on any atom is -0.325 e. The summed E-state index contributed by atoms with van der Waals surface area (Å²) in [6.07, 6.45) is 0. The summed E-state index contributed by atoms with van der Waals surface area (Å²) in [4.78, 5) is 29.2. The van der Waals surface area contributed by atoms with Crippen LogP contribution in [0.4, 0.5) is 11.6 Å². The number of nitrogens with two attached hydrogens (primary N) is 1. The number of carbonyl (C=O) groups is 1. The standard InChI is InChI=1S/C16H11Cl3N4O2/c17-8-1-2-12-13(6-8)22-16(23(15(12)25)14(24)7-20)21-11-4-9(18)3-10(19)5-11/h1-6H,7,20H2,(H,21,22). The maximum Gasteiger partial charge on any atom is 0.269 e. The molecule has 0 saturated carbocycles. The lowest BCUT2D eigenvalue weighted by Gasteiger charge is -2.13. The molecule has 1 heterocycles. The number of fused-ring (bicyclic) bond motifs is 1. The van der Waals surface area contributed by atoms with Gasteiger partial charge in [0.25, 0.3) is 5.56 Å². The summed E-state index contributed by atoms with van der Waals surface area (Å²) in [5.74, 6) is -0.612. The van der Waals surface area contributed by atoms with Gasteiger partial charge in [0, 0.05) is 20.8 Å². The first kappa shape index (κ1) is 17.7. The van der Waals surface area contributed by atoms with Gasteiger partial charge in [-0.05, 0) is 36.4 Å². The second-order valence-corrected chi connectivity index (χ2v) is 6.43. The molecule has 2 aromatic carbocycles. The predicted molar refractivity (Wildman–Crippen MR) is 100 cm³/mol. The minimum atomic E-state index is -0.607. The van der Waals surface area contributed by atoms with Crippen molar-refractivity contribution in [3.8, 4) is 0 Å². The molecule has 25 heavy (non-hydrogen) atoms. The van der Waals surface area contributed by atoms with E-state index in [1.165, 1.54) is 12.1 Å². The van der Waals surface area contributed by atoms with E-state index in [-0.39, 0.29) is 17.9 Å². The Morgan fingerprint density at radius 1 is 1.08 bits per heavy atom. The van der Waals surface area contributed by atoms with Crippen molar-refractivity contribution in [1.29, 1.82) is 0 Å². The molecule has 0 fully saturated rings. The summed E-state index contributed by atoms with van der Waals surface area (Å²) in [6.45, 7) is -0.355. The Hall–Kier alpha value is -2.12. The van der Waals surface area contributed by atoms with Crippen LogP contribution in [-0.4, -0.2) is 22.0 Å². The molecule has 0 amide bonds. The third-order valence-electron chi connectivity index (χ3n) is 3.37. The fraction of sp³-hybridized carbons (Fsp3) is 0.0625. The van der Waals surface area contributed by atoms with E-state index in [0.29, 0.717) is 26.3 Å². The normalized spacial score (nSPS) is 10.9. The monoisotopic (exact) mass is 396 g/mol. The van der Waals surface area contributed by atoms with Gasteiger partial charge in [0.15, 0.2) is 0 Å². The zero-order valence-electron chi connectivity index (χ0n) is 12.6. The summed E-state index contributed by atoms with van der Waals surface area (Å²) >= 11 is 17.9. The van der Waals surface area contributed by atoms with E-state index in [0.717, 1.165) is 4.57 Å². The van der Waals surface area contributed by atoms with E-state index in [1.54, 1.807) is 24.3 Å². The topological polar surface area (TPSA) is 90.0 Å². The molecule has 6 nitrogen and oxygen atoms in total. The largest absolute Gasteiger partial charge is 0.325 e. The Kier molecular flexibility index (Phi) is 4.96. The highest BCUT2D eigenvalue weighted by Gasteiger charge is 2.17. The fourth-order valence-corrected chi connectivity index (χ4v) is 3.01. The lowest BCUT2D eigenvalue weighted by molar-refractivity contribution is 0.0921. The first-order valence-corrected chi connectivity index (χ1v) is 8.21. The van der Waals surface area contributed by atoms with Crippen LogP contribution < -0.4 is 16.6 Å². The molecule has 0 aliphatic heterocycles. The molecule has 0 saturated heterocycles. The third-order valence-corrected chi connectivity index (χ3v) is 4.05. The Balaban J connectivity index is 2.24. The number of nitrogens with one attached hydrogen (secondary N) is 1. The number of hydrogen-bond acceptors (Lipinski definition) is 5. The van der Waals surface area contributed by atoms with Crippen LogP contribution in [0.15, 0.2) is 41.2 Å². The van der Waals surface area contributed by atoms with Crippen molar-refractivity contribution in [1.82, 2.24) is 9.55 Å². The van der Waals surface area contributed by atoms with E-state index < -0.39 is 11.5 Å². The van der Waals surface area contributed by atoms with Crippen LogP contribution in [0, 0.1) is 0 Å².